The average molecular weight is 281 g/mol. The van der Waals surface area contributed by atoms with E-state index in [0.717, 1.165) is 28.7 Å². The Hall–Kier alpha value is -1.01. The van der Waals surface area contributed by atoms with Gasteiger partial charge in [-0.2, -0.15) is 5.26 Å². The lowest BCUT2D eigenvalue weighted by Crippen LogP contribution is -2.32. The predicted octanol–water partition coefficient (Wildman–Crippen LogP) is 3.95. The third-order valence-corrected chi connectivity index (χ3v) is 2.97. The van der Waals surface area contributed by atoms with Crippen LogP contribution in [0.3, 0.4) is 0 Å². The van der Waals surface area contributed by atoms with Crippen LogP contribution in [0.25, 0.3) is 0 Å². The highest BCUT2D eigenvalue weighted by Gasteiger charge is 2.13. The molecule has 0 saturated carbocycles. The van der Waals surface area contributed by atoms with Crippen molar-refractivity contribution in [3.8, 4) is 6.07 Å². The lowest BCUT2D eigenvalue weighted by atomic mass is 10.1. The number of anilines is 1. The van der Waals surface area contributed by atoms with E-state index in [1.54, 1.807) is 0 Å². The second kappa shape index (κ2) is 5.91. The number of benzene rings is 1. The number of nitrogens with zero attached hydrogens (tertiary/aromatic N) is 2. The molecule has 0 atom stereocenters. The molecule has 0 aliphatic carbocycles. The summed E-state index contributed by atoms with van der Waals surface area (Å²) < 4.78 is 0.952. The van der Waals surface area contributed by atoms with Crippen LogP contribution in [0.2, 0.25) is 0 Å². The summed E-state index contributed by atoms with van der Waals surface area (Å²) in [6.07, 6.45) is 1.08. The zero-order valence-electron chi connectivity index (χ0n) is 10.00. The molecule has 0 aliphatic heterocycles. The summed E-state index contributed by atoms with van der Waals surface area (Å²) in [4.78, 5) is 2.27. The van der Waals surface area contributed by atoms with Gasteiger partial charge in [-0.05, 0) is 38.5 Å². The SMILES string of the molecule is CCCN(c1ccc(Br)cc1C#N)C(C)C. The minimum absolute atomic E-state index is 0.410. The molecular formula is C13H17BrN2. The van der Waals surface area contributed by atoms with E-state index >= 15 is 0 Å². The van der Waals surface area contributed by atoms with Crippen molar-refractivity contribution in [3.63, 3.8) is 0 Å². The molecule has 86 valence electrons. The molecule has 3 heteroatoms. The van der Waals surface area contributed by atoms with Gasteiger partial charge >= 0.3 is 0 Å². The van der Waals surface area contributed by atoms with Crippen LogP contribution in [0, 0.1) is 11.3 Å². The van der Waals surface area contributed by atoms with Gasteiger partial charge in [-0.3, -0.25) is 0 Å². The van der Waals surface area contributed by atoms with Crippen molar-refractivity contribution in [2.45, 2.75) is 33.2 Å². The molecule has 16 heavy (non-hydrogen) atoms. The number of hydrogen-bond acceptors (Lipinski definition) is 2. The zero-order chi connectivity index (χ0) is 12.1. The van der Waals surface area contributed by atoms with Gasteiger partial charge in [0.15, 0.2) is 0 Å². The van der Waals surface area contributed by atoms with Gasteiger partial charge in [0.05, 0.1) is 11.3 Å². The zero-order valence-corrected chi connectivity index (χ0v) is 11.6. The van der Waals surface area contributed by atoms with Crippen LogP contribution in [0.5, 0.6) is 0 Å². The van der Waals surface area contributed by atoms with Crippen molar-refractivity contribution in [2.75, 3.05) is 11.4 Å². The predicted molar refractivity (Wildman–Crippen MR) is 71.6 cm³/mol. The van der Waals surface area contributed by atoms with Crippen LogP contribution in [0.1, 0.15) is 32.8 Å². The van der Waals surface area contributed by atoms with E-state index < -0.39 is 0 Å². The lowest BCUT2D eigenvalue weighted by molar-refractivity contribution is 0.670. The van der Waals surface area contributed by atoms with Crippen molar-refractivity contribution in [3.05, 3.63) is 28.2 Å². The van der Waals surface area contributed by atoms with Crippen LogP contribution in [0.4, 0.5) is 5.69 Å². The summed E-state index contributed by atoms with van der Waals surface area (Å²) in [6, 6.07) is 8.54. The largest absolute Gasteiger partial charge is 0.368 e. The third-order valence-electron chi connectivity index (χ3n) is 2.48. The molecule has 0 unspecified atom stereocenters. The first kappa shape index (κ1) is 13.1. The fourth-order valence-corrected chi connectivity index (χ4v) is 2.11. The summed E-state index contributed by atoms with van der Waals surface area (Å²) in [7, 11) is 0. The Morgan fingerprint density at radius 2 is 2.12 bits per heavy atom. The van der Waals surface area contributed by atoms with Crippen molar-refractivity contribution in [1.82, 2.24) is 0 Å². The lowest BCUT2D eigenvalue weighted by Gasteiger charge is -2.29. The first-order valence-electron chi connectivity index (χ1n) is 5.56. The Labute approximate surface area is 106 Å². The topological polar surface area (TPSA) is 27.0 Å². The highest BCUT2D eigenvalue weighted by atomic mass is 79.9. The Bertz CT molecular complexity index is 393. The summed E-state index contributed by atoms with van der Waals surface area (Å²) in [5.41, 5.74) is 1.76. The normalized spacial score (nSPS) is 10.2. The van der Waals surface area contributed by atoms with Gasteiger partial charge in [-0.15, -0.1) is 0 Å². The highest BCUT2D eigenvalue weighted by molar-refractivity contribution is 9.10. The van der Waals surface area contributed by atoms with Gasteiger partial charge < -0.3 is 4.90 Å². The minimum Gasteiger partial charge on any atom is -0.368 e. The number of hydrogen-bond donors (Lipinski definition) is 0. The number of rotatable bonds is 4. The van der Waals surface area contributed by atoms with Gasteiger partial charge in [0.2, 0.25) is 0 Å². The fourth-order valence-electron chi connectivity index (χ4n) is 1.75. The van der Waals surface area contributed by atoms with Gasteiger partial charge in [-0.1, -0.05) is 22.9 Å². The average Bonchev–Trinajstić information content (AvgIpc) is 2.26. The summed E-state index contributed by atoms with van der Waals surface area (Å²) in [6.45, 7) is 7.44. The van der Waals surface area contributed by atoms with E-state index in [4.69, 9.17) is 5.26 Å². The standard InChI is InChI=1S/C13H17BrN2/c1-4-7-16(10(2)3)13-6-5-12(14)8-11(13)9-15/h5-6,8,10H,4,7H2,1-3H3. The molecule has 1 aromatic carbocycles. The van der Waals surface area contributed by atoms with E-state index in [0.29, 0.717) is 6.04 Å². The van der Waals surface area contributed by atoms with Crippen molar-refractivity contribution in [1.29, 1.82) is 5.26 Å². The van der Waals surface area contributed by atoms with E-state index in [1.807, 2.05) is 18.2 Å². The van der Waals surface area contributed by atoms with Crippen molar-refractivity contribution in [2.24, 2.45) is 0 Å². The van der Waals surface area contributed by atoms with Crippen molar-refractivity contribution < 1.29 is 0 Å². The van der Waals surface area contributed by atoms with Gasteiger partial charge in [0, 0.05) is 17.1 Å². The maximum atomic E-state index is 9.14. The quantitative estimate of drug-likeness (QED) is 0.835. The monoisotopic (exact) mass is 280 g/mol. The number of halogens is 1. The molecule has 0 N–H and O–H groups in total. The number of nitriles is 1. The molecule has 0 saturated heterocycles. The summed E-state index contributed by atoms with van der Waals surface area (Å²) >= 11 is 3.39. The maximum absolute atomic E-state index is 9.14. The minimum atomic E-state index is 0.410. The second-order valence-corrected chi connectivity index (χ2v) is 4.98. The maximum Gasteiger partial charge on any atom is 0.101 e. The van der Waals surface area contributed by atoms with Crippen LogP contribution in [-0.4, -0.2) is 12.6 Å². The molecular weight excluding hydrogens is 264 g/mol. The van der Waals surface area contributed by atoms with E-state index in [-0.39, 0.29) is 0 Å². The Morgan fingerprint density at radius 3 is 2.62 bits per heavy atom. The van der Waals surface area contributed by atoms with E-state index in [2.05, 4.69) is 47.7 Å². The van der Waals surface area contributed by atoms with E-state index in [1.165, 1.54) is 0 Å². The molecule has 0 aromatic heterocycles. The van der Waals surface area contributed by atoms with Crippen LogP contribution in [0.15, 0.2) is 22.7 Å². The highest BCUT2D eigenvalue weighted by Crippen LogP contribution is 2.25. The molecule has 1 rings (SSSR count). The molecule has 2 nitrogen and oxygen atoms in total. The molecule has 0 radical (unpaired) electrons. The molecule has 0 bridgehead atoms. The summed E-state index contributed by atoms with van der Waals surface area (Å²) in [5.74, 6) is 0. The van der Waals surface area contributed by atoms with Crippen LogP contribution < -0.4 is 4.90 Å². The molecule has 0 fully saturated rings. The smallest absolute Gasteiger partial charge is 0.101 e. The fraction of sp³-hybridized carbons (Fsp3) is 0.462. The molecule has 0 aliphatic rings. The van der Waals surface area contributed by atoms with Crippen LogP contribution in [-0.2, 0) is 0 Å². The van der Waals surface area contributed by atoms with Crippen LogP contribution >= 0.6 is 15.9 Å². The molecule has 0 heterocycles. The first-order valence-corrected chi connectivity index (χ1v) is 6.35. The summed E-state index contributed by atoms with van der Waals surface area (Å²) in [5, 5.41) is 9.14. The van der Waals surface area contributed by atoms with Gasteiger partial charge in [0.25, 0.3) is 0 Å². The molecule has 0 amide bonds. The molecule has 0 spiro atoms. The third kappa shape index (κ3) is 2.99. The Balaban J connectivity index is 3.14. The van der Waals surface area contributed by atoms with Gasteiger partial charge in [0.1, 0.15) is 6.07 Å². The molecule has 1 aromatic rings. The Kier molecular flexibility index (Phi) is 4.82. The van der Waals surface area contributed by atoms with Crippen molar-refractivity contribution >= 4 is 21.6 Å². The first-order chi connectivity index (χ1) is 7.60. The van der Waals surface area contributed by atoms with E-state index in [9.17, 15) is 0 Å². The second-order valence-electron chi connectivity index (χ2n) is 4.06. The Morgan fingerprint density at radius 1 is 1.44 bits per heavy atom. The van der Waals surface area contributed by atoms with Gasteiger partial charge in [-0.25, -0.2) is 0 Å².